The first kappa shape index (κ1) is 14.2. The number of carbonyl (C=O) groups excluding carboxylic acids is 1. The van der Waals surface area contributed by atoms with Gasteiger partial charge < -0.3 is 14.4 Å². The van der Waals surface area contributed by atoms with E-state index in [1.54, 1.807) is 6.07 Å². The summed E-state index contributed by atoms with van der Waals surface area (Å²) in [6, 6.07) is 9.49. The molecule has 1 aromatic carbocycles. The topological polar surface area (TPSA) is 28.5 Å². The lowest BCUT2D eigenvalue weighted by molar-refractivity contribution is 0.0664. The van der Waals surface area contributed by atoms with E-state index < -0.39 is 0 Å². The minimum atomic E-state index is 0.0158. The van der Waals surface area contributed by atoms with Crippen LogP contribution in [0.25, 0.3) is 5.69 Å². The van der Waals surface area contributed by atoms with Crippen LogP contribution in [0.4, 0.5) is 0 Å². The van der Waals surface area contributed by atoms with Crippen LogP contribution in [-0.2, 0) is 0 Å². The molecule has 1 aliphatic heterocycles. The van der Waals surface area contributed by atoms with Gasteiger partial charge in [-0.25, -0.2) is 0 Å². The molecule has 4 nitrogen and oxygen atoms in total. The Kier molecular flexibility index (Phi) is 3.99. The average Bonchev–Trinajstić information content (AvgIpc) is 3.02. The van der Waals surface area contributed by atoms with E-state index in [-0.39, 0.29) is 5.91 Å². The second-order valence-electron chi connectivity index (χ2n) is 5.35. The molecule has 1 fully saturated rings. The Morgan fingerprint density at radius 3 is 2.43 bits per heavy atom. The summed E-state index contributed by atoms with van der Waals surface area (Å²) in [6.45, 7) is 3.31. The van der Waals surface area contributed by atoms with Gasteiger partial charge in [0.2, 0.25) is 0 Å². The van der Waals surface area contributed by atoms with Crippen molar-refractivity contribution in [1.82, 2.24) is 14.4 Å². The van der Waals surface area contributed by atoms with Crippen LogP contribution < -0.4 is 0 Å². The quantitative estimate of drug-likeness (QED) is 0.853. The Hall–Kier alpha value is -1.78. The first-order chi connectivity index (χ1) is 10.1. The summed E-state index contributed by atoms with van der Waals surface area (Å²) in [7, 11) is 2.07. The maximum Gasteiger partial charge on any atom is 0.255 e. The molecule has 1 aromatic heterocycles. The largest absolute Gasteiger partial charge is 0.336 e. The van der Waals surface area contributed by atoms with Crippen molar-refractivity contribution in [1.29, 1.82) is 0 Å². The molecule has 1 aliphatic rings. The molecule has 1 amide bonds. The zero-order chi connectivity index (χ0) is 14.8. The third-order valence-corrected chi connectivity index (χ3v) is 4.20. The molecule has 3 rings (SSSR count). The second kappa shape index (κ2) is 5.92. The van der Waals surface area contributed by atoms with E-state index in [1.165, 1.54) is 0 Å². The van der Waals surface area contributed by atoms with Gasteiger partial charge in [-0.2, -0.15) is 0 Å². The minimum Gasteiger partial charge on any atom is -0.336 e. The Balaban J connectivity index is 1.87. The first-order valence-corrected chi connectivity index (χ1v) is 7.43. The van der Waals surface area contributed by atoms with E-state index in [1.807, 2.05) is 46.1 Å². The third kappa shape index (κ3) is 2.96. The van der Waals surface area contributed by atoms with Crippen LogP contribution in [-0.4, -0.2) is 53.5 Å². The maximum atomic E-state index is 12.7. The van der Waals surface area contributed by atoms with Crippen molar-refractivity contribution in [2.24, 2.45) is 0 Å². The second-order valence-corrected chi connectivity index (χ2v) is 5.76. The third-order valence-electron chi connectivity index (χ3n) is 3.87. The molecule has 0 radical (unpaired) electrons. The molecule has 1 saturated heterocycles. The molecular formula is C16H18ClN3O. The summed E-state index contributed by atoms with van der Waals surface area (Å²) in [5.74, 6) is 0.0158. The number of halogens is 1. The lowest BCUT2D eigenvalue weighted by atomic mass is 10.1. The predicted octanol–water partition coefficient (Wildman–Crippen LogP) is 2.52. The molecule has 0 bridgehead atoms. The van der Waals surface area contributed by atoms with Crippen molar-refractivity contribution < 1.29 is 4.79 Å². The molecule has 0 spiro atoms. The van der Waals surface area contributed by atoms with Crippen LogP contribution in [0.15, 0.2) is 42.7 Å². The molecule has 0 saturated carbocycles. The smallest absolute Gasteiger partial charge is 0.255 e. The lowest BCUT2D eigenvalue weighted by Gasteiger charge is -2.32. The predicted molar refractivity (Wildman–Crippen MR) is 84.2 cm³/mol. The summed E-state index contributed by atoms with van der Waals surface area (Å²) < 4.78 is 1.97. The van der Waals surface area contributed by atoms with Crippen molar-refractivity contribution in [2.45, 2.75) is 0 Å². The van der Waals surface area contributed by atoms with Gasteiger partial charge in [-0.1, -0.05) is 11.6 Å². The molecule has 5 heteroatoms. The number of benzene rings is 1. The monoisotopic (exact) mass is 303 g/mol. The number of rotatable bonds is 2. The van der Waals surface area contributed by atoms with Crippen molar-refractivity contribution in [3.8, 4) is 5.69 Å². The normalized spacial score (nSPS) is 16.2. The van der Waals surface area contributed by atoms with Gasteiger partial charge in [0, 0.05) is 44.3 Å². The summed E-state index contributed by atoms with van der Waals surface area (Å²) in [5.41, 5.74) is 1.52. The fourth-order valence-corrected chi connectivity index (χ4v) is 2.72. The fraction of sp³-hybridized carbons (Fsp3) is 0.312. The van der Waals surface area contributed by atoms with Crippen LogP contribution in [0.2, 0.25) is 5.02 Å². The zero-order valence-corrected chi connectivity index (χ0v) is 12.8. The Labute approximate surface area is 129 Å². The number of aromatic nitrogens is 1. The summed E-state index contributed by atoms with van der Waals surface area (Å²) in [6.07, 6.45) is 3.90. The van der Waals surface area contributed by atoms with Gasteiger partial charge in [-0.15, -0.1) is 0 Å². The Morgan fingerprint density at radius 2 is 1.76 bits per heavy atom. The molecule has 0 unspecified atom stereocenters. The minimum absolute atomic E-state index is 0.0158. The van der Waals surface area contributed by atoms with E-state index >= 15 is 0 Å². The highest BCUT2D eigenvalue weighted by molar-refractivity contribution is 6.33. The summed E-state index contributed by atoms with van der Waals surface area (Å²) >= 11 is 6.23. The lowest BCUT2D eigenvalue weighted by Crippen LogP contribution is -2.47. The Bertz CT molecular complexity index is 631. The molecule has 0 atom stereocenters. The average molecular weight is 304 g/mol. The zero-order valence-electron chi connectivity index (χ0n) is 12.0. The van der Waals surface area contributed by atoms with Crippen molar-refractivity contribution >= 4 is 17.5 Å². The molecule has 21 heavy (non-hydrogen) atoms. The van der Waals surface area contributed by atoms with Crippen LogP contribution in [0.3, 0.4) is 0 Å². The molecule has 0 N–H and O–H groups in total. The van der Waals surface area contributed by atoms with E-state index in [9.17, 15) is 4.79 Å². The maximum absolute atomic E-state index is 12.7. The summed E-state index contributed by atoms with van der Waals surface area (Å²) in [5, 5.41) is 0.509. The van der Waals surface area contributed by atoms with Gasteiger partial charge in [-0.05, 0) is 37.4 Å². The van der Waals surface area contributed by atoms with Crippen molar-refractivity contribution in [3.63, 3.8) is 0 Å². The number of nitrogens with zero attached hydrogens (tertiary/aromatic N) is 3. The highest BCUT2D eigenvalue weighted by Gasteiger charge is 2.22. The van der Waals surface area contributed by atoms with Crippen LogP contribution >= 0.6 is 11.6 Å². The molecule has 2 heterocycles. The standard InChI is InChI=1S/C16H18ClN3O/c1-18-8-10-20(11-9-18)16(21)14-12-13(4-5-15(14)17)19-6-2-3-7-19/h2-7,12H,8-11H2,1H3. The molecule has 2 aromatic rings. The number of carbonyl (C=O) groups is 1. The highest BCUT2D eigenvalue weighted by atomic mass is 35.5. The van der Waals surface area contributed by atoms with Crippen LogP contribution in [0.5, 0.6) is 0 Å². The van der Waals surface area contributed by atoms with E-state index in [2.05, 4.69) is 11.9 Å². The molecule has 110 valence electrons. The summed E-state index contributed by atoms with van der Waals surface area (Å²) in [4.78, 5) is 16.8. The number of hydrogen-bond donors (Lipinski definition) is 0. The fourth-order valence-electron chi connectivity index (χ4n) is 2.52. The van der Waals surface area contributed by atoms with E-state index in [0.717, 1.165) is 31.9 Å². The van der Waals surface area contributed by atoms with Gasteiger partial charge >= 0.3 is 0 Å². The van der Waals surface area contributed by atoms with Crippen LogP contribution in [0, 0.1) is 0 Å². The Morgan fingerprint density at radius 1 is 1.10 bits per heavy atom. The number of amides is 1. The van der Waals surface area contributed by atoms with Gasteiger partial charge in [0.1, 0.15) is 0 Å². The SMILES string of the molecule is CN1CCN(C(=O)c2cc(-n3cccc3)ccc2Cl)CC1. The van der Waals surface area contributed by atoms with Crippen molar-refractivity contribution in [3.05, 3.63) is 53.3 Å². The molecular weight excluding hydrogens is 286 g/mol. The highest BCUT2D eigenvalue weighted by Crippen LogP contribution is 2.22. The van der Waals surface area contributed by atoms with E-state index in [0.29, 0.717) is 10.6 Å². The number of piperazine rings is 1. The van der Waals surface area contributed by atoms with Gasteiger partial charge in [0.25, 0.3) is 5.91 Å². The van der Waals surface area contributed by atoms with Crippen molar-refractivity contribution in [2.75, 3.05) is 33.2 Å². The number of hydrogen-bond acceptors (Lipinski definition) is 2. The van der Waals surface area contributed by atoms with E-state index in [4.69, 9.17) is 11.6 Å². The number of likely N-dealkylation sites (N-methyl/N-ethyl adjacent to an activating group) is 1. The van der Waals surface area contributed by atoms with Crippen LogP contribution in [0.1, 0.15) is 10.4 Å². The van der Waals surface area contributed by atoms with Gasteiger partial charge in [0.05, 0.1) is 10.6 Å². The van der Waals surface area contributed by atoms with Gasteiger partial charge in [0.15, 0.2) is 0 Å². The van der Waals surface area contributed by atoms with Gasteiger partial charge in [-0.3, -0.25) is 4.79 Å². The molecule has 0 aliphatic carbocycles. The first-order valence-electron chi connectivity index (χ1n) is 7.06.